The number of rotatable bonds is 2. The van der Waals surface area contributed by atoms with Gasteiger partial charge in [-0.3, -0.25) is 0 Å². The molecule has 0 aliphatic carbocycles. The summed E-state index contributed by atoms with van der Waals surface area (Å²) in [7, 11) is 1.15. The van der Waals surface area contributed by atoms with Gasteiger partial charge >= 0.3 is 18.2 Å². The molecule has 1 aromatic rings. The SMILES string of the molecule is COC(=O)C1=C(C)NC(=O)N[C@H]1c1cccc(C(F)(F)F)c1. The minimum Gasteiger partial charge on any atom is -0.466 e. The van der Waals surface area contributed by atoms with Gasteiger partial charge in [0.1, 0.15) is 0 Å². The minimum absolute atomic E-state index is 0.0569. The molecule has 1 aromatic carbocycles. The number of amides is 2. The molecule has 1 heterocycles. The van der Waals surface area contributed by atoms with Crippen molar-refractivity contribution in [1.82, 2.24) is 10.6 Å². The number of alkyl halides is 3. The van der Waals surface area contributed by atoms with Crippen LogP contribution in [0.2, 0.25) is 0 Å². The van der Waals surface area contributed by atoms with Crippen molar-refractivity contribution in [2.24, 2.45) is 0 Å². The van der Waals surface area contributed by atoms with Crippen molar-refractivity contribution in [2.45, 2.75) is 19.1 Å². The average Bonchev–Trinajstić information content (AvgIpc) is 2.45. The van der Waals surface area contributed by atoms with E-state index in [1.54, 1.807) is 0 Å². The van der Waals surface area contributed by atoms with Gasteiger partial charge in [-0.05, 0) is 24.6 Å². The van der Waals surface area contributed by atoms with E-state index in [1.165, 1.54) is 19.1 Å². The molecule has 2 N–H and O–H groups in total. The molecule has 0 fully saturated rings. The largest absolute Gasteiger partial charge is 0.466 e. The van der Waals surface area contributed by atoms with Gasteiger partial charge in [0.05, 0.1) is 24.3 Å². The lowest BCUT2D eigenvalue weighted by Crippen LogP contribution is -2.45. The first-order valence-electron chi connectivity index (χ1n) is 6.27. The molecular formula is C14H13F3N2O3. The quantitative estimate of drug-likeness (QED) is 0.824. The van der Waals surface area contributed by atoms with Crippen molar-refractivity contribution in [3.63, 3.8) is 0 Å². The van der Waals surface area contributed by atoms with Crippen LogP contribution in [0.5, 0.6) is 0 Å². The molecule has 0 saturated heterocycles. The van der Waals surface area contributed by atoms with Crippen molar-refractivity contribution in [1.29, 1.82) is 0 Å². The molecular weight excluding hydrogens is 301 g/mol. The number of esters is 1. The molecule has 1 atom stereocenters. The Bertz CT molecular complexity index is 653. The Labute approximate surface area is 124 Å². The summed E-state index contributed by atoms with van der Waals surface area (Å²) >= 11 is 0. The van der Waals surface area contributed by atoms with Gasteiger partial charge in [-0.25, -0.2) is 9.59 Å². The molecule has 1 aliphatic rings. The summed E-state index contributed by atoms with van der Waals surface area (Å²) in [5.41, 5.74) is -0.427. The number of urea groups is 1. The Balaban J connectivity index is 2.51. The number of benzene rings is 1. The molecule has 0 radical (unpaired) electrons. The zero-order valence-corrected chi connectivity index (χ0v) is 11.7. The van der Waals surface area contributed by atoms with Crippen LogP contribution >= 0.6 is 0 Å². The number of allylic oxidation sites excluding steroid dienone is 1. The normalized spacial score (nSPS) is 18.6. The van der Waals surface area contributed by atoms with Crippen LogP contribution in [0.25, 0.3) is 0 Å². The molecule has 118 valence electrons. The van der Waals surface area contributed by atoms with E-state index in [4.69, 9.17) is 0 Å². The van der Waals surface area contributed by atoms with Crippen LogP contribution in [-0.2, 0) is 15.7 Å². The molecule has 0 spiro atoms. The average molecular weight is 314 g/mol. The zero-order chi connectivity index (χ0) is 16.5. The predicted octanol–water partition coefficient (Wildman–Crippen LogP) is 2.51. The van der Waals surface area contributed by atoms with E-state index in [9.17, 15) is 22.8 Å². The summed E-state index contributed by atoms with van der Waals surface area (Å²) in [6.07, 6.45) is -4.52. The predicted molar refractivity (Wildman–Crippen MR) is 70.6 cm³/mol. The molecule has 22 heavy (non-hydrogen) atoms. The van der Waals surface area contributed by atoms with Crippen molar-refractivity contribution in [3.05, 3.63) is 46.7 Å². The fourth-order valence-corrected chi connectivity index (χ4v) is 2.22. The van der Waals surface area contributed by atoms with E-state index in [1.807, 2.05) is 0 Å². The van der Waals surface area contributed by atoms with E-state index in [0.717, 1.165) is 19.2 Å². The molecule has 5 nitrogen and oxygen atoms in total. The first kappa shape index (κ1) is 15.9. The third-order valence-electron chi connectivity index (χ3n) is 3.22. The molecule has 8 heteroatoms. The van der Waals surface area contributed by atoms with Crippen LogP contribution in [0.3, 0.4) is 0 Å². The summed E-state index contributed by atoms with van der Waals surface area (Å²) in [5.74, 6) is -0.729. The fraction of sp³-hybridized carbons (Fsp3) is 0.286. The van der Waals surface area contributed by atoms with Gasteiger partial charge < -0.3 is 15.4 Å². The molecule has 2 rings (SSSR count). The molecule has 0 unspecified atom stereocenters. The Kier molecular flexibility index (Phi) is 4.11. The summed E-state index contributed by atoms with van der Waals surface area (Å²) in [4.78, 5) is 23.4. The van der Waals surface area contributed by atoms with Gasteiger partial charge in [0, 0.05) is 5.70 Å². The first-order chi connectivity index (χ1) is 10.2. The van der Waals surface area contributed by atoms with Crippen LogP contribution in [-0.4, -0.2) is 19.1 Å². The maximum absolute atomic E-state index is 12.8. The summed E-state index contributed by atoms with van der Waals surface area (Å²) in [5, 5.41) is 4.83. The lowest BCUT2D eigenvalue weighted by molar-refractivity contribution is -0.137. The van der Waals surface area contributed by atoms with E-state index in [0.29, 0.717) is 0 Å². The number of carbonyl (C=O) groups is 2. The van der Waals surface area contributed by atoms with Crippen molar-refractivity contribution in [3.8, 4) is 0 Å². The van der Waals surface area contributed by atoms with Gasteiger partial charge in [-0.2, -0.15) is 13.2 Å². The highest BCUT2D eigenvalue weighted by Gasteiger charge is 2.35. The maximum Gasteiger partial charge on any atom is 0.416 e. The number of hydrogen-bond donors (Lipinski definition) is 2. The van der Waals surface area contributed by atoms with Crippen molar-refractivity contribution in [2.75, 3.05) is 7.11 Å². The Hall–Kier alpha value is -2.51. The summed E-state index contributed by atoms with van der Waals surface area (Å²) in [6, 6.07) is 2.82. The molecule has 1 aliphatic heterocycles. The van der Waals surface area contributed by atoms with E-state index >= 15 is 0 Å². The number of carbonyl (C=O) groups excluding carboxylic acids is 2. The van der Waals surface area contributed by atoms with Gasteiger partial charge in [0.2, 0.25) is 0 Å². The molecule has 0 saturated carbocycles. The second kappa shape index (κ2) is 5.70. The maximum atomic E-state index is 12.8. The second-order valence-electron chi connectivity index (χ2n) is 4.68. The molecule has 2 amide bonds. The number of nitrogens with one attached hydrogen (secondary N) is 2. The lowest BCUT2D eigenvalue weighted by Gasteiger charge is -2.28. The highest BCUT2D eigenvalue weighted by Crippen LogP contribution is 2.33. The van der Waals surface area contributed by atoms with Crippen LogP contribution in [0.1, 0.15) is 24.1 Å². The van der Waals surface area contributed by atoms with Gasteiger partial charge in [0.15, 0.2) is 0 Å². The topological polar surface area (TPSA) is 67.4 Å². The smallest absolute Gasteiger partial charge is 0.416 e. The Morgan fingerprint density at radius 1 is 1.32 bits per heavy atom. The number of ether oxygens (including phenoxy) is 1. The van der Waals surface area contributed by atoms with E-state index in [2.05, 4.69) is 15.4 Å². The number of halogens is 3. The van der Waals surface area contributed by atoms with Crippen LogP contribution in [0.15, 0.2) is 35.5 Å². The Morgan fingerprint density at radius 3 is 2.59 bits per heavy atom. The highest BCUT2D eigenvalue weighted by atomic mass is 19.4. The molecule has 0 aromatic heterocycles. The van der Waals surface area contributed by atoms with Crippen LogP contribution < -0.4 is 10.6 Å². The van der Waals surface area contributed by atoms with Crippen molar-refractivity contribution < 1.29 is 27.5 Å². The van der Waals surface area contributed by atoms with E-state index < -0.39 is 29.8 Å². The Morgan fingerprint density at radius 2 is 2.00 bits per heavy atom. The number of hydrogen-bond acceptors (Lipinski definition) is 3. The fourth-order valence-electron chi connectivity index (χ4n) is 2.22. The van der Waals surface area contributed by atoms with E-state index in [-0.39, 0.29) is 16.8 Å². The van der Waals surface area contributed by atoms with Crippen molar-refractivity contribution >= 4 is 12.0 Å². The third kappa shape index (κ3) is 3.05. The van der Waals surface area contributed by atoms with Gasteiger partial charge in [0.25, 0.3) is 0 Å². The molecule has 0 bridgehead atoms. The third-order valence-corrected chi connectivity index (χ3v) is 3.22. The summed E-state index contributed by atoms with van der Waals surface area (Å²) in [6.45, 7) is 1.48. The first-order valence-corrected chi connectivity index (χ1v) is 6.27. The number of methoxy groups -OCH3 is 1. The second-order valence-corrected chi connectivity index (χ2v) is 4.68. The monoisotopic (exact) mass is 314 g/mol. The van der Waals surface area contributed by atoms with Crippen LogP contribution in [0.4, 0.5) is 18.0 Å². The minimum atomic E-state index is -4.52. The lowest BCUT2D eigenvalue weighted by atomic mass is 9.94. The van der Waals surface area contributed by atoms with Gasteiger partial charge in [-0.1, -0.05) is 12.1 Å². The standard InChI is InChI=1S/C14H13F3N2O3/c1-7-10(12(20)22-2)11(19-13(21)18-7)8-4-3-5-9(6-8)14(15,16)17/h3-6,11H,1-2H3,(H2,18,19,21)/t11-/m0/s1. The zero-order valence-electron chi connectivity index (χ0n) is 11.7. The summed E-state index contributed by atoms with van der Waals surface area (Å²) < 4.78 is 43.1. The van der Waals surface area contributed by atoms with Crippen LogP contribution in [0, 0.1) is 0 Å². The highest BCUT2D eigenvalue weighted by molar-refractivity contribution is 5.94. The van der Waals surface area contributed by atoms with Gasteiger partial charge in [-0.15, -0.1) is 0 Å².